The Morgan fingerprint density at radius 3 is 2.61 bits per heavy atom. The van der Waals surface area contributed by atoms with Crippen molar-refractivity contribution in [1.29, 1.82) is 0 Å². The first-order valence-corrected chi connectivity index (χ1v) is 6.56. The van der Waals surface area contributed by atoms with Crippen LogP contribution in [0.25, 0.3) is 0 Å². The molecule has 18 heavy (non-hydrogen) atoms. The van der Waals surface area contributed by atoms with Gasteiger partial charge in [-0.2, -0.15) is 0 Å². The first-order valence-electron chi connectivity index (χ1n) is 6.56. The van der Waals surface area contributed by atoms with Gasteiger partial charge in [0, 0.05) is 18.2 Å². The van der Waals surface area contributed by atoms with E-state index in [4.69, 9.17) is 0 Å². The predicted molar refractivity (Wildman–Crippen MR) is 71.6 cm³/mol. The largest absolute Gasteiger partial charge is 0.366 e. The van der Waals surface area contributed by atoms with Crippen LogP contribution < -0.4 is 4.90 Å². The van der Waals surface area contributed by atoms with Crippen LogP contribution in [-0.4, -0.2) is 18.4 Å². The third-order valence-corrected chi connectivity index (χ3v) is 3.43. The fraction of sp³-hybridized carbons (Fsp3) is 0.533. The van der Waals surface area contributed by atoms with E-state index in [0.29, 0.717) is 17.2 Å². The number of carbonyl (C=O) groups is 1. The van der Waals surface area contributed by atoms with E-state index in [1.807, 2.05) is 18.7 Å². The highest BCUT2D eigenvalue weighted by atomic mass is 19.1. The minimum Gasteiger partial charge on any atom is -0.366 e. The van der Waals surface area contributed by atoms with Gasteiger partial charge in [0.2, 0.25) is 0 Å². The highest BCUT2D eigenvalue weighted by Crippen LogP contribution is 2.34. The Hall–Kier alpha value is -1.38. The quantitative estimate of drug-likeness (QED) is 0.742. The second kappa shape index (κ2) is 5.09. The lowest BCUT2D eigenvalue weighted by molar-refractivity contribution is 0.101. The maximum atomic E-state index is 14.1. The molecule has 0 spiro atoms. The van der Waals surface area contributed by atoms with Crippen LogP contribution in [0.5, 0.6) is 0 Å². The molecule has 2 rings (SSSR count). The summed E-state index contributed by atoms with van der Waals surface area (Å²) in [6.07, 6.45) is 2.43. The monoisotopic (exact) mass is 249 g/mol. The molecule has 3 heteroatoms. The Morgan fingerprint density at radius 2 is 2.11 bits per heavy atom. The zero-order chi connectivity index (χ0) is 13.3. The molecule has 98 valence electrons. The van der Waals surface area contributed by atoms with E-state index in [9.17, 15) is 9.18 Å². The second-order valence-electron chi connectivity index (χ2n) is 5.38. The number of nitrogens with zero attached hydrogens (tertiary/aromatic N) is 1. The number of ketones is 1. The smallest absolute Gasteiger partial charge is 0.161 e. The molecule has 0 bridgehead atoms. The first kappa shape index (κ1) is 13.1. The van der Waals surface area contributed by atoms with E-state index in [1.54, 1.807) is 12.1 Å². The highest BCUT2D eigenvalue weighted by molar-refractivity contribution is 5.99. The van der Waals surface area contributed by atoms with Crippen molar-refractivity contribution in [1.82, 2.24) is 0 Å². The van der Waals surface area contributed by atoms with E-state index in [0.717, 1.165) is 6.54 Å². The summed E-state index contributed by atoms with van der Waals surface area (Å²) in [5.41, 5.74) is 0.969. The van der Waals surface area contributed by atoms with Gasteiger partial charge in [0.15, 0.2) is 5.78 Å². The maximum absolute atomic E-state index is 14.1. The number of rotatable bonds is 5. The molecule has 2 nitrogen and oxygen atoms in total. The van der Waals surface area contributed by atoms with Gasteiger partial charge in [0.05, 0.1) is 5.69 Å². The minimum absolute atomic E-state index is 0.0778. The summed E-state index contributed by atoms with van der Waals surface area (Å²) in [6.45, 7) is 6.42. The number of anilines is 1. The van der Waals surface area contributed by atoms with E-state index in [2.05, 4.69) is 0 Å². The molecule has 0 heterocycles. The predicted octanol–water partition coefficient (Wildman–Crippen LogP) is 3.65. The first-order chi connectivity index (χ1) is 8.50. The zero-order valence-electron chi connectivity index (χ0n) is 11.2. The van der Waals surface area contributed by atoms with Crippen LogP contribution in [0.2, 0.25) is 0 Å². The van der Waals surface area contributed by atoms with Gasteiger partial charge in [0.1, 0.15) is 5.82 Å². The number of benzene rings is 1. The molecule has 1 saturated carbocycles. The van der Waals surface area contributed by atoms with Gasteiger partial charge in [-0.25, -0.2) is 4.39 Å². The molecule has 0 aromatic heterocycles. The third kappa shape index (κ3) is 2.71. The molecule has 0 amide bonds. The van der Waals surface area contributed by atoms with Gasteiger partial charge in [-0.05, 0) is 51.7 Å². The van der Waals surface area contributed by atoms with Crippen LogP contribution in [0.4, 0.5) is 10.1 Å². The van der Waals surface area contributed by atoms with Crippen molar-refractivity contribution in [3.05, 3.63) is 29.6 Å². The van der Waals surface area contributed by atoms with E-state index in [-0.39, 0.29) is 17.6 Å². The lowest BCUT2D eigenvalue weighted by Crippen LogP contribution is -2.34. The summed E-state index contributed by atoms with van der Waals surface area (Å²) in [5, 5.41) is 0. The summed E-state index contributed by atoms with van der Waals surface area (Å²) in [4.78, 5) is 13.7. The summed E-state index contributed by atoms with van der Waals surface area (Å²) >= 11 is 0. The van der Waals surface area contributed by atoms with Gasteiger partial charge in [-0.1, -0.05) is 6.07 Å². The Kier molecular flexibility index (Phi) is 3.69. The molecule has 0 aliphatic heterocycles. The summed E-state index contributed by atoms with van der Waals surface area (Å²) in [7, 11) is 0. The number of Topliss-reactive ketones (excluding diaryl/α,β-unsaturated/α-hetero) is 1. The number of hydrogen-bond acceptors (Lipinski definition) is 2. The highest BCUT2D eigenvalue weighted by Gasteiger charge is 2.28. The lowest BCUT2D eigenvalue weighted by Gasteiger charge is -2.31. The van der Waals surface area contributed by atoms with Crippen molar-refractivity contribution in [3.8, 4) is 0 Å². The van der Waals surface area contributed by atoms with Gasteiger partial charge in [0.25, 0.3) is 0 Å². The molecular weight excluding hydrogens is 229 g/mol. The molecule has 0 radical (unpaired) electrons. The molecule has 1 aromatic rings. The van der Waals surface area contributed by atoms with Crippen LogP contribution >= 0.6 is 0 Å². The average Bonchev–Trinajstić information content (AvgIpc) is 3.09. The van der Waals surface area contributed by atoms with Gasteiger partial charge >= 0.3 is 0 Å². The molecule has 0 saturated heterocycles. The molecule has 1 fully saturated rings. The Bertz CT molecular complexity index is 452. The van der Waals surface area contributed by atoms with Crippen LogP contribution in [0.3, 0.4) is 0 Å². The summed E-state index contributed by atoms with van der Waals surface area (Å²) < 4.78 is 14.1. The summed E-state index contributed by atoms with van der Waals surface area (Å²) in [5.74, 6) is 0.287. The van der Waals surface area contributed by atoms with Crippen LogP contribution in [0.1, 0.15) is 44.0 Å². The van der Waals surface area contributed by atoms with Crippen molar-refractivity contribution in [3.63, 3.8) is 0 Å². The van der Waals surface area contributed by atoms with Crippen LogP contribution in [0.15, 0.2) is 18.2 Å². The van der Waals surface area contributed by atoms with E-state index in [1.165, 1.54) is 25.8 Å². The SMILES string of the molecule is CC(=O)c1cccc(F)c1N(CC1CC1)C(C)C. The number of carbonyl (C=O) groups excluding carboxylic acids is 1. The van der Waals surface area contributed by atoms with Crippen molar-refractivity contribution in [2.75, 3.05) is 11.4 Å². The van der Waals surface area contributed by atoms with Crippen molar-refractivity contribution >= 4 is 11.5 Å². The fourth-order valence-electron chi connectivity index (χ4n) is 2.23. The van der Waals surface area contributed by atoms with Gasteiger partial charge in [-0.15, -0.1) is 0 Å². The molecule has 0 atom stereocenters. The van der Waals surface area contributed by atoms with Gasteiger partial charge < -0.3 is 4.90 Å². The van der Waals surface area contributed by atoms with E-state index >= 15 is 0 Å². The van der Waals surface area contributed by atoms with Crippen LogP contribution in [-0.2, 0) is 0 Å². The van der Waals surface area contributed by atoms with Crippen molar-refractivity contribution in [2.45, 2.75) is 39.7 Å². The Balaban J connectivity index is 2.41. The molecular formula is C15H20FNO. The third-order valence-electron chi connectivity index (χ3n) is 3.43. The maximum Gasteiger partial charge on any atom is 0.161 e. The second-order valence-corrected chi connectivity index (χ2v) is 5.38. The van der Waals surface area contributed by atoms with Crippen LogP contribution in [0, 0.1) is 11.7 Å². The average molecular weight is 249 g/mol. The summed E-state index contributed by atoms with van der Waals surface area (Å²) in [6, 6.07) is 4.94. The van der Waals surface area contributed by atoms with Crippen molar-refractivity contribution < 1.29 is 9.18 Å². The topological polar surface area (TPSA) is 20.3 Å². The van der Waals surface area contributed by atoms with E-state index < -0.39 is 0 Å². The fourth-order valence-corrected chi connectivity index (χ4v) is 2.23. The Labute approximate surface area is 108 Å². The zero-order valence-corrected chi connectivity index (χ0v) is 11.2. The standard InChI is InChI=1S/C15H20FNO/c1-10(2)17(9-12-7-8-12)15-13(11(3)18)5-4-6-14(15)16/h4-6,10,12H,7-9H2,1-3H3. The number of hydrogen-bond donors (Lipinski definition) is 0. The van der Waals surface area contributed by atoms with Gasteiger partial charge in [-0.3, -0.25) is 4.79 Å². The Morgan fingerprint density at radius 1 is 1.44 bits per heavy atom. The molecule has 1 aliphatic carbocycles. The molecule has 0 N–H and O–H groups in total. The normalized spacial score (nSPS) is 14.9. The number of halogens is 1. The molecule has 1 aliphatic rings. The lowest BCUT2D eigenvalue weighted by atomic mass is 10.1. The number of para-hydroxylation sites is 1. The van der Waals surface area contributed by atoms with Crippen molar-refractivity contribution in [2.24, 2.45) is 5.92 Å². The molecule has 0 unspecified atom stereocenters. The molecule has 1 aromatic carbocycles. The minimum atomic E-state index is -0.294.